The lowest BCUT2D eigenvalue weighted by molar-refractivity contribution is 0.0771. The fraction of sp³-hybridized carbons (Fsp3) is 0.353. The van der Waals surface area contributed by atoms with Crippen LogP contribution in [-0.4, -0.2) is 54.1 Å². The molecule has 7 heteroatoms. The van der Waals surface area contributed by atoms with Gasteiger partial charge in [0.15, 0.2) is 5.82 Å². The maximum Gasteiger partial charge on any atom is 0.253 e. The summed E-state index contributed by atoms with van der Waals surface area (Å²) in [5.41, 5.74) is 0.478. The highest BCUT2D eigenvalue weighted by Gasteiger charge is 2.28. The monoisotopic (exact) mass is 330 g/mol. The molecule has 0 bridgehead atoms. The van der Waals surface area contributed by atoms with Crippen molar-refractivity contribution in [1.29, 1.82) is 0 Å². The van der Waals surface area contributed by atoms with Gasteiger partial charge in [-0.05, 0) is 24.3 Å². The average Bonchev–Trinajstić information content (AvgIpc) is 3.03. The van der Waals surface area contributed by atoms with Crippen molar-refractivity contribution < 1.29 is 13.9 Å². The van der Waals surface area contributed by atoms with E-state index in [4.69, 9.17) is 4.74 Å². The fourth-order valence-electron chi connectivity index (χ4n) is 2.57. The molecule has 1 saturated heterocycles. The molecule has 1 unspecified atom stereocenters. The number of halogens is 1. The van der Waals surface area contributed by atoms with E-state index in [2.05, 4.69) is 9.97 Å². The predicted molar refractivity (Wildman–Crippen MR) is 87.7 cm³/mol. The number of likely N-dealkylation sites (tertiary alicyclic amines) is 1. The molecule has 0 N–H and O–H groups in total. The first-order valence-corrected chi connectivity index (χ1v) is 7.74. The van der Waals surface area contributed by atoms with Crippen LogP contribution in [0.25, 0.3) is 0 Å². The Kier molecular flexibility index (Phi) is 4.59. The van der Waals surface area contributed by atoms with E-state index < -0.39 is 0 Å². The molecular weight excluding hydrogens is 311 g/mol. The van der Waals surface area contributed by atoms with Gasteiger partial charge in [-0.2, -0.15) is 4.98 Å². The smallest absolute Gasteiger partial charge is 0.253 e. The summed E-state index contributed by atoms with van der Waals surface area (Å²) in [6, 6.07) is 5.58. The second-order valence-corrected chi connectivity index (χ2v) is 5.90. The van der Waals surface area contributed by atoms with Crippen LogP contribution in [0.2, 0.25) is 0 Å². The zero-order valence-electron chi connectivity index (χ0n) is 13.6. The minimum Gasteiger partial charge on any atom is -0.471 e. The molecule has 1 fully saturated rings. The largest absolute Gasteiger partial charge is 0.471 e. The van der Waals surface area contributed by atoms with Crippen molar-refractivity contribution in [2.24, 2.45) is 0 Å². The van der Waals surface area contributed by atoms with Gasteiger partial charge in [0.25, 0.3) is 5.91 Å². The standard InChI is InChI=1S/C17H19FN4O2/c1-21(2)15-9-19-10-16(20-15)24-14-7-8-22(11-14)17(23)12-3-5-13(18)6-4-12/h3-6,9-10,14H,7-8,11H2,1-2H3. The molecule has 1 aromatic heterocycles. The molecule has 1 aromatic carbocycles. The molecule has 0 radical (unpaired) electrons. The van der Waals surface area contributed by atoms with E-state index in [1.165, 1.54) is 24.3 Å². The van der Waals surface area contributed by atoms with Crippen molar-refractivity contribution in [3.05, 3.63) is 48.0 Å². The van der Waals surface area contributed by atoms with Crippen LogP contribution in [-0.2, 0) is 0 Å². The van der Waals surface area contributed by atoms with E-state index in [-0.39, 0.29) is 17.8 Å². The number of benzene rings is 1. The molecule has 1 atom stereocenters. The summed E-state index contributed by atoms with van der Waals surface area (Å²) in [4.78, 5) is 24.5. The maximum atomic E-state index is 13.0. The highest BCUT2D eigenvalue weighted by atomic mass is 19.1. The van der Waals surface area contributed by atoms with Gasteiger partial charge in [0.1, 0.15) is 11.9 Å². The molecule has 24 heavy (non-hydrogen) atoms. The third-order valence-corrected chi connectivity index (χ3v) is 3.87. The minimum absolute atomic E-state index is 0.116. The molecule has 126 valence electrons. The van der Waals surface area contributed by atoms with Gasteiger partial charge < -0.3 is 14.5 Å². The van der Waals surface area contributed by atoms with Crippen LogP contribution in [0.5, 0.6) is 5.88 Å². The number of rotatable bonds is 4. The molecule has 1 aliphatic heterocycles. The Balaban J connectivity index is 1.62. The van der Waals surface area contributed by atoms with Crippen LogP contribution in [0.4, 0.5) is 10.2 Å². The lowest BCUT2D eigenvalue weighted by Gasteiger charge is -2.17. The number of hydrogen-bond acceptors (Lipinski definition) is 5. The summed E-state index contributed by atoms with van der Waals surface area (Å²) in [6.07, 6.45) is 3.82. The van der Waals surface area contributed by atoms with E-state index in [1.54, 1.807) is 17.3 Å². The normalized spacial score (nSPS) is 17.0. The second kappa shape index (κ2) is 6.82. The summed E-state index contributed by atoms with van der Waals surface area (Å²) in [5, 5.41) is 0. The van der Waals surface area contributed by atoms with Crippen LogP contribution >= 0.6 is 0 Å². The Bertz CT molecular complexity index is 721. The van der Waals surface area contributed by atoms with Crippen molar-refractivity contribution in [3.8, 4) is 5.88 Å². The van der Waals surface area contributed by atoms with E-state index in [0.29, 0.717) is 30.4 Å². The number of amides is 1. The molecule has 1 amide bonds. The number of carbonyl (C=O) groups excluding carboxylic acids is 1. The van der Waals surface area contributed by atoms with Crippen molar-refractivity contribution in [2.45, 2.75) is 12.5 Å². The summed E-state index contributed by atoms with van der Waals surface area (Å²) in [5.74, 6) is 0.690. The zero-order valence-corrected chi connectivity index (χ0v) is 13.6. The van der Waals surface area contributed by atoms with Gasteiger partial charge in [-0.15, -0.1) is 0 Å². The topological polar surface area (TPSA) is 58.6 Å². The Labute approximate surface area is 139 Å². The maximum absolute atomic E-state index is 13.0. The van der Waals surface area contributed by atoms with Crippen LogP contribution in [0.1, 0.15) is 16.8 Å². The average molecular weight is 330 g/mol. The fourth-order valence-corrected chi connectivity index (χ4v) is 2.57. The van der Waals surface area contributed by atoms with Crippen LogP contribution in [0, 0.1) is 5.82 Å². The molecule has 0 aliphatic carbocycles. The van der Waals surface area contributed by atoms with Crippen molar-refractivity contribution in [1.82, 2.24) is 14.9 Å². The minimum atomic E-state index is -0.353. The third kappa shape index (κ3) is 3.61. The molecule has 3 rings (SSSR count). The van der Waals surface area contributed by atoms with Gasteiger partial charge in [0.05, 0.1) is 18.9 Å². The molecule has 1 aliphatic rings. The van der Waals surface area contributed by atoms with Gasteiger partial charge >= 0.3 is 0 Å². The highest BCUT2D eigenvalue weighted by molar-refractivity contribution is 5.94. The molecule has 6 nitrogen and oxygen atoms in total. The Morgan fingerprint density at radius 3 is 2.75 bits per heavy atom. The number of hydrogen-bond donors (Lipinski definition) is 0. The molecule has 0 spiro atoms. The third-order valence-electron chi connectivity index (χ3n) is 3.87. The van der Waals surface area contributed by atoms with Gasteiger partial charge in [0, 0.05) is 32.6 Å². The lowest BCUT2D eigenvalue weighted by Crippen LogP contribution is -2.31. The molecule has 2 heterocycles. The quantitative estimate of drug-likeness (QED) is 0.858. The van der Waals surface area contributed by atoms with Gasteiger partial charge in [-0.25, -0.2) is 4.39 Å². The SMILES string of the molecule is CN(C)c1cncc(OC2CCN(C(=O)c3ccc(F)cc3)C2)n1. The summed E-state index contributed by atoms with van der Waals surface area (Å²) in [7, 11) is 3.76. The number of ether oxygens (including phenoxy) is 1. The van der Waals surface area contributed by atoms with Crippen LogP contribution in [0.3, 0.4) is 0 Å². The first-order chi connectivity index (χ1) is 11.5. The Hall–Kier alpha value is -2.70. The van der Waals surface area contributed by atoms with Gasteiger partial charge in [-0.3, -0.25) is 9.78 Å². The Morgan fingerprint density at radius 2 is 2.04 bits per heavy atom. The van der Waals surface area contributed by atoms with E-state index in [0.717, 1.165) is 6.42 Å². The number of anilines is 1. The number of aromatic nitrogens is 2. The van der Waals surface area contributed by atoms with Crippen LogP contribution in [0.15, 0.2) is 36.7 Å². The summed E-state index contributed by atoms with van der Waals surface area (Å²) >= 11 is 0. The highest BCUT2D eigenvalue weighted by Crippen LogP contribution is 2.19. The van der Waals surface area contributed by atoms with E-state index in [1.807, 2.05) is 19.0 Å². The van der Waals surface area contributed by atoms with E-state index >= 15 is 0 Å². The molecule has 0 saturated carbocycles. The van der Waals surface area contributed by atoms with Crippen molar-refractivity contribution >= 4 is 11.7 Å². The second-order valence-electron chi connectivity index (χ2n) is 5.90. The first kappa shape index (κ1) is 16.2. The lowest BCUT2D eigenvalue weighted by atomic mass is 10.2. The Morgan fingerprint density at radius 1 is 1.29 bits per heavy atom. The molecular formula is C17H19FN4O2. The number of nitrogens with zero attached hydrogens (tertiary/aromatic N) is 4. The van der Waals surface area contributed by atoms with E-state index in [9.17, 15) is 9.18 Å². The summed E-state index contributed by atoms with van der Waals surface area (Å²) < 4.78 is 18.8. The van der Waals surface area contributed by atoms with Crippen LogP contribution < -0.4 is 9.64 Å². The first-order valence-electron chi connectivity index (χ1n) is 7.74. The predicted octanol–water partition coefficient (Wildman–Crippen LogP) is 1.98. The molecule has 2 aromatic rings. The van der Waals surface area contributed by atoms with Crippen molar-refractivity contribution in [3.63, 3.8) is 0 Å². The number of carbonyl (C=O) groups is 1. The van der Waals surface area contributed by atoms with Gasteiger partial charge in [0.2, 0.25) is 5.88 Å². The van der Waals surface area contributed by atoms with Gasteiger partial charge in [-0.1, -0.05) is 0 Å². The summed E-state index contributed by atoms with van der Waals surface area (Å²) in [6.45, 7) is 1.08. The zero-order chi connectivity index (χ0) is 17.1. The van der Waals surface area contributed by atoms with Crippen molar-refractivity contribution in [2.75, 3.05) is 32.1 Å².